The SMILES string of the molecule is CNCC1CCC1c1ccc(F)c(F)c1F. The van der Waals surface area contributed by atoms with Gasteiger partial charge >= 0.3 is 0 Å². The Hall–Kier alpha value is -1.03. The molecule has 1 aliphatic rings. The number of benzene rings is 1. The van der Waals surface area contributed by atoms with Crippen LogP contribution in [0.25, 0.3) is 0 Å². The first-order chi connectivity index (χ1) is 7.65. The van der Waals surface area contributed by atoms with Crippen molar-refractivity contribution in [2.75, 3.05) is 13.6 Å². The summed E-state index contributed by atoms with van der Waals surface area (Å²) >= 11 is 0. The lowest BCUT2D eigenvalue weighted by Gasteiger charge is -2.37. The minimum atomic E-state index is -1.35. The zero-order valence-corrected chi connectivity index (χ0v) is 9.06. The highest BCUT2D eigenvalue weighted by Gasteiger charge is 2.34. The molecule has 0 aromatic heterocycles. The van der Waals surface area contributed by atoms with E-state index < -0.39 is 17.5 Å². The Labute approximate surface area is 92.7 Å². The molecule has 0 radical (unpaired) electrons. The minimum absolute atomic E-state index is 0.0162. The first-order valence-electron chi connectivity index (χ1n) is 5.43. The molecule has 0 heterocycles. The number of hydrogen-bond donors (Lipinski definition) is 1. The van der Waals surface area contributed by atoms with Gasteiger partial charge in [0.1, 0.15) is 0 Å². The highest BCUT2D eigenvalue weighted by Crippen LogP contribution is 2.43. The van der Waals surface area contributed by atoms with Crippen LogP contribution in [0.3, 0.4) is 0 Å². The van der Waals surface area contributed by atoms with Crippen LogP contribution in [-0.2, 0) is 0 Å². The van der Waals surface area contributed by atoms with Crippen molar-refractivity contribution in [1.29, 1.82) is 0 Å². The van der Waals surface area contributed by atoms with Gasteiger partial charge in [0.25, 0.3) is 0 Å². The van der Waals surface area contributed by atoms with Crippen LogP contribution < -0.4 is 5.32 Å². The van der Waals surface area contributed by atoms with Gasteiger partial charge in [-0.15, -0.1) is 0 Å². The first kappa shape index (κ1) is 11.5. The Bertz CT molecular complexity index is 392. The maximum atomic E-state index is 13.5. The Balaban J connectivity index is 2.24. The van der Waals surface area contributed by atoms with Crippen LogP contribution >= 0.6 is 0 Å². The summed E-state index contributed by atoms with van der Waals surface area (Å²) in [5, 5.41) is 3.02. The molecule has 1 fully saturated rings. The standard InChI is InChI=1S/C12H14F3N/c1-16-6-7-2-3-8(7)9-4-5-10(13)12(15)11(9)14/h4-5,7-8,16H,2-3,6H2,1H3. The summed E-state index contributed by atoms with van der Waals surface area (Å²) in [5.74, 6) is -3.16. The molecule has 16 heavy (non-hydrogen) atoms. The van der Waals surface area contributed by atoms with Gasteiger partial charge in [0, 0.05) is 0 Å². The minimum Gasteiger partial charge on any atom is -0.319 e. The summed E-state index contributed by atoms with van der Waals surface area (Å²) in [4.78, 5) is 0. The quantitative estimate of drug-likeness (QED) is 0.786. The topological polar surface area (TPSA) is 12.0 Å². The maximum absolute atomic E-state index is 13.5. The second kappa shape index (κ2) is 4.45. The predicted molar refractivity (Wildman–Crippen MR) is 55.7 cm³/mol. The molecule has 1 aromatic carbocycles. The van der Waals surface area contributed by atoms with E-state index in [1.165, 1.54) is 6.07 Å². The van der Waals surface area contributed by atoms with Gasteiger partial charge in [-0.1, -0.05) is 6.07 Å². The Kier molecular flexibility index (Phi) is 3.19. The molecule has 0 spiro atoms. The average molecular weight is 229 g/mol. The van der Waals surface area contributed by atoms with Gasteiger partial charge in [0.2, 0.25) is 0 Å². The monoisotopic (exact) mass is 229 g/mol. The Morgan fingerprint density at radius 3 is 2.50 bits per heavy atom. The molecule has 2 rings (SSSR count). The lowest BCUT2D eigenvalue weighted by atomic mass is 9.70. The van der Waals surface area contributed by atoms with Gasteiger partial charge in [-0.25, -0.2) is 13.2 Å². The van der Waals surface area contributed by atoms with Crippen molar-refractivity contribution in [3.8, 4) is 0 Å². The molecule has 88 valence electrons. The van der Waals surface area contributed by atoms with E-state index in [0.29, 0.717) is 11.5 Å². The second-order valence-electron chi connectivity index (χ2n) is 4.27. The van der Waals surface area contributed by atoms with E-state index in [0.717, 1.165) is 25.5 Å². The zero-order valence-electron chi connectivity index (χ0n) is 9.06. The highest BCUT2D eigenvalue weighted by atomic mass is 19.2. The third-order valence-corrected chi connectivity index (χ3v) is 3.35. The van der Waals surface area contributed by atoms with Gasteiger partial charge in [-0.05, 0) is 49.9 Å². The van der Waals surface area contributed by atoms with Gasteiger partial charge < -0.3 is 5.32 Å². The van der Waals surface area contributed by atoms with Crippen molar-refractivity contribution in [2.45, 2.75) is 18.8 Å². The number of rotatable bonds is 3. The first-order valence-corrected chi connectivity index (χ1v) is 5.43. The number of nitrogens with one attached hydrogen (secondary N) is 1. The molecular weight excluding hydrogens is 215 g/mol. The van der Waals surface area contributed by atoms with E-state index in [1.807, 2.05) is 7.05 Å². The smallest absolute Gasteiger partial charge is 0.194 e. The summed E-state index contributed by atoms with van der Waals surface area (Å²) < 4.78 is 39.3. The Morgan fingerprint density at radius 1 is 1.19 bits per heavy atom. The summed E-state index contributed by atoms with van der Waals surface area (Å²) in [5.41, 5.74) is 0.311. The van der Waals surface area contributed by atoms with Gasteiger partial charge in [0.15, 0.2) is 17.5 Å². The molecule has 4 heteroatoms. The van der Waals surface area contributed by atoms with E-state index in [9.17, 15) is 13.2 Å². The molecule has 0 aliphatic heterocycles. The Morgan fingerprint density at radius 2 is 1.94 bits per heavy atom. The summed E-state index contributed by atoms with van der Waals surface area (Å²) in [6, 6.07) is 2.36. The van der Waals surface area contributed by atoms with E-state index in [4.69, 9.17) is 0 Å². The summed E-state index contributed by atoms with van der Waals surface area (Å²) in [7, 11) is 1.83. The third kappa shape index (κ3) is 1.82. The lowest BCUT2D eigenvalue weighted by molar-refractivity contribution is 0.242. The number of halogens is 3. The van der Waals surface area contributed by atoms with Gasteiger partial charge in [-0.2, -0.15) is 0 Å². The van der Waals surface area contributed by atoms with Crippen molar-refractivity contribution >= 4 is 0 Å². The summed E-state index contributed by atoms with van der Waals surface area (Å²) in [6.07, 6.45) is 1.85. The van der Waals surface area contributed by atoms with Crippen LogP contribution in [0.4, 0.5) is 13.2 Å². The summed E-state index contributed by atoms with van der Waals surface area (Å²) in [6.45, 7) is 0.781. The van der Waals surface area contributed by atoms with Crippen LogP contribution in [-0.4, -0.2) is 13.6 Å². The highest BCUT2D eigenvalue weighted by molar-refractivity contribution is 5.26. The van der Waals surface area contributed by atoms with Crippen molar-refractivity contribution in [3.63, 3.8) is 0 Å². The average Bonchev–Trinajstić information content (AvgIpc) is 2.25. The molecule has 0 bridgehead atoms. The largest absolute Gasteiger partial charge is 0.319 e. The zero-order chi connectivity index (χ0) is 11.7. The van der Waals surface area contributed by atoms with Gasteiger partial charge in [-0.3, -0.25) is 0 Å². The van der Waals surface area contributed by atoms with Crippen molar-refractivity contribution in [3.05, 3.63) is 35.1 Å². The molecule has 1 aliphatic carbocycles. The van der Waals surface area contributed by atoms with E-state index in [1.54, 1.807) is 0 Å². The molecule has 0 amide bonds. The van der Waals surface area contributed by atoms with Crippen LogP contribution in [0.1, 0.15) is 24.3 Å². The van der Waals surface area contributed by atoms with Crippen LogP contribution in [0.2, 0.25) is 0 Å². The van der Waals surface area contributed by atoms with Crippen LogP contribution in [0, 0.1) is 23.4 Å². The van der Waals surface area contributed by atoms with Crippen molar-refractivity contribution in [2.24, 2.45) is 5.92 Å². The van der Waals surface area contributed by atoms with Crippen LogP contribution in [0.5, 0.6) is 0 Å². The maximum Gasteiger partial charge on any atom is 0.194 e. The molecule has 2 unspecified atom stereocenters. The molecule has 2 atom stereocenters. The second-order valence-corrected chi connectivity index (χ2v) is 4.27. The fourth-order valence-corrected chi connectivity index (χ4v) is 2.31. The third-order valence-electron chi connectivity index (χ3n) is 3.35. The fraction of sp³-hybridized carbons (Fsp3) is 0.500. The lowest BCUT2D eigenvalue weighted by Crippen LogP contribution is -2.33. The molecule has 1 nitrogen and oxygen atoms in total. The van der Waals surface area contributed by atoms with Crippen LogP contribution in [0.15, 0.2) is 12.1 Å². The van der Waals surface area contributed by atoms with E-state index in [-0.39, 0.29) is 5.92 Å². The van der Waals surface area contributed by atoms with Crippen molar-refractivity contribution in [1.82, 2.24) is 5.32 Å². The fourth-order valence-electron chi connectivity index (χ4n) is 2.31. The molecule has 1 aromatic rings. The normalized spacial score (nSPS) is 24.2. The molecule has 0 saturated heterocycles. The van der Waals surface area contributed by atoms with E-state index in [2.05, 4.69) is 5.32 Å². The molecular formula is C12H14F3N. The number of hydrogen-bond acceptors (Lipinski definition) is 1. The molecule has 1 N–H and O–H groups in total. The van der Waals surface area contributed by atoms with Crippen molar-refractivity contribution < 1.29 is 13.2 Å². The van der Waals surface area contributed by atoms with Gasteiger partial charge in [0.05, 0.1) is 0 Å². The molecule has 1 saturated carbocycles. The van der Waals surface area contributed by atoms with E-state index >= 15 is 0 Å². The predicted octanol–water partition coefficient (Wildman–Crippen LogP) is 2.82.